The number of carbonyl (C=O) groups is 2. The number of urea groups is 1. The number of thiazole rings is 1. The first-order valence-electron chi connectivity index (χ1n) is 6.22. The number of aryl methyl sites for hydroxylation is 1. The van der Waals surface area contributed by atoms with E-state index in [2.05, 4.69) is 10.3 Å². The molecule has 0 spiro atoms. The lowest BCUT2D eigenvalue weighted by Gasteiger charge is -2.30. The second kappa shape index (κ2) is 6.01. The number of rotatable bonds is 3. The zero-order valence-corrected chi connectivity index (χ0v) is 11.6. The summed E-state index contributed by atoms with van der Waals surface area (Å²) in [6, 6.07) is -0.128. The van der Waals surface area contributed by atoms with Gasteiger partial charge in [0.2, 0.25) is 0 Å². The first-order chi connectivity index (χ1) is 9.08. The average molecular weight is 283 g/mol. The Morgan fingerprint density at radius 3 is 2.74 bits per heavy atom. The van der Waals surface area contributed by atoms with Gasteiger partial charge in [0.05, 0.1) is 23.7 Å². The molecule has 2 N–H and O–H groups in total. The minimum Gasteiger partial charge on any atom is -0.481 e. The van der Waals surface area contributed by atoms with Crippen LogP contribution in [0, 0.1) is 12.8 Å². The Bertz CT molecular complexity index is 467. The lowest BCUT2D eigenvalue weighted by molar-refractivity contribution is -0.143. The van der Waals surface area contributed by atoms with Gasteiger partial charge >= 0.3 is 12.0 Å². The normalized spacial score (nSPS) is 16.4. The van der Waals surface area contributed by atoms with Gasteiger partial charge < -0.3 is 15.3 Å². The standard InChI is InChI=1S/C12H17N3O3S/c1-8-10(19-7-14-8)6-13-12(18)15-4-2-9(3-5-15)11(16)17/h7,9H,2-6H2,1H3,(H,13,18)(H,16,17). The summed E-state index contributed by atoms with van der Waals surface area (Å²) in [6.07, 6.45) is 1.06. The molecule has 2 heterocycles. The Morgan fingerprint density at radius 1 is 1.53 bits per heavy atom. The summed E-state index contributed by atoms with van der Waals surface area (Å²) >= 11 is 1.52. The number of hydrogen-bond acceptors (Lipinski definition) is 4. The molecule has 0 unspecified atom stereocenters. The van der Waals surface area contributed by atoms with Gasteiger partial charge in [-0.25, -0.2) is 9.78 Å². The number of aliphatic carboxylic acids is 1. The summed E-state index contributed by atoms with van der Waals surface area (Å²) in [5, 5.41) is 11.7. The largest absolute Gasteiger partial charge is 0.481 e. The zero-order valence-electron chi connectivity index (χ0n) is 10.8. The molecule has 104 valence electrons. The first-order valence-corrected chi connectivity index (χ1v) is 7.10. The van der Waals surface area contributed by atoms with Crippen molar-refractivity contribution in [1.29, 1.82) is 0 Å². The van der Waals surface area contributed by atoms with Crippen LogP contribution < -0.4 is 5.32 Å². The van der Waals surface area contributed by atoms with Gasteiger partial charge in [0.15, 0.2) is 0 Å². The number of hydrogen-bond donors (Lipinski definition) is 2. The van der Waals surface area contributed by atoms with Crippen LogP contribution in [0.5, 0.6) is 0 Å². The molecule has 6 nitrogen and oxygen atoms in total. The SMILES string of the molecule is Cc1ncsc1CNC(=O)N1CCC(C(=O)O)CC1. The molecule has 0 saturated carbocycles. The van der Waals surface area contributed by atoms with Crippen LogP contribution in [0.25, 0.3) is 0 Å². The van der Waals surface area contributed by atoms with Gasteiger partial charge in [-0.05, 0) is 19.8 Å². The highest BCUT2D eigenvalue weighted by Crippen LogP contribution is 2.17. The van der Waals surface area contributed by atoms with E-state index in [0.29, 0.717) is 32.5 Å². The summed E-state index contributed by atoms with van der Waals surface area (Å²) in [5.41, 5.74) is 2.70. The van der Waals surface area contributed by atoms with Crippen molar-refractivity contribution in [2.24, 2.45) is 5.92 Å². The van der Waals surface area contributed by atoms with E-state index in [4.69, 9.17) is 5.11 Å². The fourth-order valence-electron chi connectivity index (χ4n) is 2.09. The predicted octanol–water partition coefficient (Wildman–Crippen LogP) is 1.46. The average Bonchev–Trinajstić information content (AvgIpc) is 2.81. The third-order valence-electron chi connectivity index (χ3n) is 3.38. The Kier molecular flexibility index (Phi) is 4.36. The minimum atomic E-state index is -0.764. The Balaban J connectivity index is 1.79. The molecule has 0 atom stereocenters. The summed E-state index contributed by atoms with van der Waals surface area (Å²) in [4.78, 5) is 29.6. The van der Waals surface area contributed by atoms with E-state index in [1.54, 1.807) is 10.4 Å². The quantitative estimate of drug-likeness (QED) is 0.879. The Labute approximate surface area is 115 Å². The molecule has 1 saturated heterocycles. The molecule has 2 amide bonds. The lowest BCUT2D eigenvalue weighted by Crippen LogP contribution is -2.45. The van der Waals surface area contributed by atoms with E-state index in [1.807, 2.05) is 6.92 Å². The van der Waals surface area contributed by atoms with Crippen molar-refractivity contribution < 1.29 is 14.7 Å². The van der Waals surface area contributed by atoms with E-state index in [9.17, 15) is 9.59 Å². The van der Waals surface area contributed by atoms with E-state index >= 15 is 0 Å². The van der Waals surface area contributed by atoms with Gasteiger partial charge in [0.1, 0.15) is 0 Å². The summed E-state index contributed by atoms with van der Waals surface area (Å²) in [6.45, 7) is 3.40. The van der Waals surface area contributed by atoms with Crippen molar-refractivity contribution in [3.63, 3.8) is 0 Å². The van der Waals surface area contributed by atoms with Crippen molar-refractivity contribution in [2.45, 2.75) is 26.3 Å². The fraction of sp³-hybridized carbons (Fsp3) is 0.583. The number of likely N-dealkylation sites (tertiary alicyclic amines) is 1. The molecule has 1 aliphatic heterocycles. The third kappa shape index (κ3) is 3.44. The molecule has 7 heteroatoms. The van der Waals surface area contributed by atoms with Crippen molar-refractivity contribution in [3.8, 4) is 0 Å². The number of carboxylic acid groups (broad SMARTS) is 1. The first kappa shape index (κ1) is 13.8. The monoisotopic (exact) mass is 283 g/mol. The van der Waals surface area contributed by atoms with E-state index < -0.39 is 5.97 Å². The number of nitrogens with one attached hydrogen (secondary N) is 1. The smallest absolute Gasteiger partial charge is 0.317 e. The van der Waals surface area contributed by atoms with Gasteiger partial charge in [0.25, 0.3) is 0 Å². The number of nitrogens with zero attached hydrogens (tertiary/aromatic N) is 2. The van der Waals surface area contributed by atoms with Crippen LogP contribution in [-0.4, -0.2) is 40.1 Å². The van der Waals surface area contributed by atoms with Crippen molar-refractivity contribution in [3.05, 3.63) is 16.1 Å². The maximum absolute atomic E-state index is 11.9. The van der Waals surface area contributed by atoms with Gasteiger partial charge in [-0.2, -0.15) is 0 Å². The lowest BCUT2D eigenvalue weighted by atomic mass is 9.97. The maximum Gasteiger partial charge on any atom is 0.317 e. The van der Waals surface area contributed by atoms with Crippen LogP contribution in [0.3, 0.4) is 0 Å². The Morgan fingerprint density at radius 2 is 2.21 bits per heavy atom. The molecule has 0 aliphatic carbocycles. The molecule has 0 radical (unpaired) electrons. The maximum atomic E-state index is 11.9. The molecule has 1 aromatic rings. The minimum absolute atomic E-state index is 0.128. The molecule has 1 aliphatic rings. The number of piperidine rings is 1. The fourth-order valence-corrected chi connectivity index (χ4v) is 2.81. The van der Waals surface area contributed by atoms with Gasteiger partial charge in [-0.3, -0.25) is 4.79 Å². The Hall–Kier alpha value is -1.63. The third-order valence-corrected chi connectivity index (χ3v) is 4.31. The molecule has 0 bridgehead atoms. The van der Waals surface area contributed by atoms with Crippen molar-refractivity contribution in [1.82, 2.24) is 15.2 Å². The molecular weight excluding hydrogens is 266 g/mol. The number of carboxylic acids is 1. The van der Waals surface area contributed by atoms with Crippen LogP contribution in [-0.2, 0) is 11.3 Å². The number of aromatic nitrogens is 1. The van der Waals surface area contributed by atoms with Crippen molar-refractivity contribution in [2.75, 3.05) is 13.1 Å². The molecule has 2 rings (SSSR count). The van der Waals surface area contributed by atoms with Crippen LogP contribution in [0.15, 0.2) is 5.51 Å². The topological polar surface area (TPSA) is 82.5 Å². The number of carbonyl (C=O) groups excluding carboxylic acids is 1. The zero-order chi connectivity index (χ0) is 13.8. The second-order valence-corrected chi connectivity index (χ2v) is 5.56. The van der Waals surface area contributed by atoms with Crippen LogP contribution in [0.2, 0.25) is 0 Å². The van der Waals surface area contributed by atoms with E-state index in [1.165, 1.54) is 11.3 Å². The number of amides is 2. The molecule has 1 aromatic heterocycles. The van der Waals surface area contributed by atoms with Crippen molar-refractivity contribution >= 4 is 23.3 Å². The van der Waals surface area contributed by atoms with Crippen LogP contribution >= 0.6 is 11.3 Å². The van der Waals surface area contributed by atoms with Gasteiger partial charge in [0, 0.05) is 18.0 Å². The van der Waals surface area contributed by atoms with Gasteiger partial charge in [-0.15, -0.1) is 11.3 Å². The predicted molar refractivity (Wildman–Crippen MR) is 71.0 cm³/mol. The highest BCUT2D eigenvalue weighted by Gasteiger charge is 2.26. The second-order valence-electron chi connectivity index (χ2n) is 4.62. The van der Waals surface area contributed by atoms with Crippen LogP contribution in [0.1, 0.15) is 23.4 Å². The summed E-state index contributed by atoms with van der Waals surface area (Å²) < 4.78 is 0. The summed E-state index contributed by atoms with van der Waals surface area (Å²) in [7, 11) is 0. The van der Waals surface area contributed by atoms with Crippen LogP contribution in [0.4, 0.5) is 4.79 Å². The highest BCUT2D eigenvalue weighted by atomic mass is 32.1. The highest BCUT2D eigenvalue weighted by molar-refractivity contribution is 7.09. The molecule has 19 heavy (non-hydrogen) atoms. The molecular formula is C12H17N3O3S. The molecule has 1 fully saturated rings. The van der Waals surface area contributed by atoms with E-state index in [-0.39, 0.29) is 11.9 Å². The summed E-state index contributed by atoms with van der Waals surface area (Å²) in [5.74, 6) is -1.08. The van der Waals surface area contributed by atoms with Gasteiger partial charge in [-0.1, -0.05) is 0 Å². The van der Waals surface area contributed by atoms with E-state index in [0.717, 1.165) is 10.6 Å². The molecule has 0 aromatic carbocycles.